The molecule has 0 amide bonds. The highest BCUT2D eigenvalue weighted by Gasteiger charge is 2.27. The Kier molecular flexibility index (Phi) is 4.39. The van der Waals surface area contributed by atoms with Gasteiger partial charge in [0.05, 0.1) is 12.8 Å². The van der Waals surface area contributed by atoms with Gasteiger partial charge in [-0.25, -0.2) is 0 Å². The predicted molar refractivity (Wildman–Crippen MR) is 77.2 cm³/mol. The van der Waals surface area contributed by atoms with E-state index in [4.69, 9.17) is 4.74 Å². The first kappa shape index (κ1) is 14.9. The summed E-state index contributed by atoms with van der Waals surface area (Å²) < 4.78 is 33.4. The molecule has 0 aliphatic carbocycles. The van der Waals surface area contributed by atoms with Gasteiger partial charge in [0.1, 0.15) is 0 Å². The number of anilines is 1. The van der Waals surface area contributed by atoms with Gasteiger partial charge in [0, 0.05) is 13.1 Å². The number of benzene rings is 1. The Hall–Kier alpha value is -1.47. The molecule has 1 fully saturated rings. The summed E-state index contributed by atoms with van der Waals surface area (Å²) in [5.41, 5.74) is 0.127. The van der Waals surface area contributed by atoms with Gasteiger partial charge in [-0.3, -0.25) is 4.72 Å². The Morgan fingerprint density at radius 1 is 1.45 bits per heavy atom. The molecule has 1 saturated heterocycles. The number of piperidine rings is 1. The van der Waals surface area contributed by atoms with Gasteiger partial charge in [0.2, 0.25) is 0 Å². The van der Waals surface area contributed by atoms with Crippen LogP contribution in [0.25, 0.3) is 0 Å². The molecule has 20 heavy (non-hydrogen) atoms. The molecule has 1 aliphatic rings. The average Bonchev–Trinajstić information content (AvgIpc) is 2.41. The third kappa shape index (κ3) is 3.16. The number of rotatable bonds is 4. The summed E-state index contributed by atoms with van der Waals surface area (Å²) in [7, 11) is -2.23. The van der Waals surface area contributed by atoms with Gasteiger partial charge in [0.25, 0.3) is 0 Å². The van der Waals surface area contributed by atoms with Crippen LogP contribution in [0.3, 0.4) is 0 Å². The van der Waals surface area contributed by atoms with Gasteiger partial charge in [-0.2, -0.15) is 12.7 Å². The Labute approximate surface area is 119 Å². The van der Waals surface area contributed by atoms with Crippen molar-refractivity contribution in [1.82, 2.24) is 4.31 Å². The fraction of sp³-hybridized carbons (Fsp3) is 0.538. The number of aromatic hydroxyl groups is 1. The van der Waals surface area contributed by atoms with Crippen LogP contribution in [0.5, 0.6) is 11.5 Å². The molecule has 6 nitrogen and oxygen atoms in total. The second-order valence-corrected chi connectivity index (χ2v) is 6.74. The SMILES string of the molecule is COc1cccc(NS(=O)(=O)N2CCCC(C)C2)c1O. The van der Waals surface area contributed by atoms with Crippen molar-refractivity contribution in [2.24, 2.45) is 5.92 Å². The Balaban J connectivity index is 2.20. The first-order valence-corrected chi connectivity index (χ1v) is 8.02. The van der Waals surface area contributed by atoms with Crippen LogP contribution in [0.15, 0.2) is 18.2 Å². The highest BCUT2D eigenvalue weighted by atomic mass is 32.2. The van der Waals surface area contributed by atoms with Crippen molar-refractivity contribution in [3.05, 3.63) is 18.2 Å². The molecule has 0 radical (unpaired) electrons. The summed E-state index contributed by atoms with van der Waals surface area (Å²) in [5, 5.41) is 9.93. The lowest BCUT2D eigenvalue weighted by Crippen LogP contribution is -2.42. The zero-order chi connectivity index (χ0) is 14.8. The first-order chi connectivity index (χ1) is 9.44. The van der Waals surface area contributed by atoms with Gasteiger partial charge in [-0.15, -0.1) is 0 Å². The lowest BCUT2D eigenvalue weighted by Gasteiger charge is -2.30. The number of hydrogen-bond donors (Lipinski definition) is 2. The van der Waals surface area contributed by atoms with E-state index in [0.717, 1.165) is 12.8 Å². The molecule has 0 spiro atoms. The number of hydrogen-bond acceptors (Lipinski definition) is 4. The van der Waals surface area contributed by atoms with E-state index in [0.29, 0.717) is 19.0 Å². The van der Waals surface area contributed by atoms with Crippen molar-refractivity contribution < 1.29 is 18.3 Å². The summed E-state index contributed by atoms with van der Waals surface area (Å²) in [4.78, 5) is 0. The maximum atomic E-state index is 12.3. The van der Waals surface area contributed by atoms with Crippen LogP contribution in [-0.2, 0) is 10.2 Å². The minimum absolute atomic E-state index is 0.127. The van der Waals surface area contributed by atoms with Gasteiger partial charge >= 0.3 is 10.2 Å². The molecule has 1 unspecified atom stereocenters. The summed E-state index contributed by atoms with van der Waals surface area (Å²) in [6.07, 6.45) is 1.89. The van der Waals surface area contributed by atoms with E-state index >= 15 is 0 Å². The number of phenols is 1. The molecule has 0 bridgehead atoms. The summed E-state index contributed by atoms with van der Waals surface area (Å²) in [6.45, 7) is 3.04. The maximum Gasteiger partial charge on any atom is 0.301 e. The quantitative estimate of drug-likeness (QED) is 0.831. The molecule has 112 valence electrons. The van der Waals surface area contributed by atoms with Crippen LogP contribution in [-0.4, -0.2) is 38.0 Å². The van der Waals surface area contributed by atoms with Crippen molar-refractivity contribution in [3.8, 4) is 11.5 Å². The molecule has 1 aliphatic heterocycles. The van der Waals surface area contributed by atoms with E-state index in [2.05, 4.69) is 4.72 Å². The van der Waals surface area contributed by atoms with Gasteiger partial charge in [0.15, 0.2) is 11.5 Å². The molecule has 1 aromatic carbocycles. The minimum Gasteiger partial charge on any atom is -0.503 e. The molecule has 1 aromatic rings. The Bertz CT molecular complexity index is 574. The van der Waals surface area contributed by atoms with Crippen LogP contribution in [0.1, 0.15) is 19.8 Å². The normalized spacial score (nSPS) is 20.6. The maximum absolute atomic E-state index is 12.3. The second-order valence-electron chi connectivity index (χ2n) is 5.07. The van der Waals surface area contributed by atoms with Gasteiger partial charge in [-0.05, 0) is 30.9 Å². The minimum atomic E-state index is -3.65. The Morgan fingerprint density at radius 3 is 2.85 bits per heavy atom. The van der Waals surface area contributed by atoms with Gasteiger partial charge < -0.3 is 9.84 Å². The number of ether oxygens (including phenoxy) is 1. The molecule has 2 rings (SSSR count). The molecule has 1 heterocycles. The number of methoxy groups -OCH3 is 1. The van der Waals surface area contributed by atoms with E-state index in [-0.39, 0.29) is 17.2 Å². The zero-order valence-corrected chi connectivity index (χ0v) is 12.5. The van der Waals surface area contributed by atoms with Crippen molar-refractivity contribution in [2.75, 3.05) is 24.9 Å². The van der Waals surface area contributed by atoms with Crippen molar-refractivity contribution in [2.45, 2.75) is 19.8 Å². The fourth-order valence-electron chi connectivity index (χ4n) is 2.34. The standard InChI is InChI=1S/C13H20N2O4S/c1-10-5-4-8-15(9-10)20(17,18)14-11-6-3-7-12(19-2)13(11)16/h3,6-7,10,14,16H,4-5,8-9H2,1-2H3. The molecule has 0 aromatic heterocycles. The van der Waals surface area contributed by atoms with E-state index in [9.17, 15) is 13.5 Å². The van der Waals surface area contributed by atoms with E-state index < -0.39 is 10.2 Å². The van der Waals surface area contributed by atoms with E-state index in [1.54, 1.807) is 12.1 Å². The second kappa shape index (κ2) is 5.88. The number of para-hydroxylation sites is 1. The third-order valence-corrected chi connectivity index (χ3v) is 4.91. The smallest absolute Gasteiger partial charge is 0.301 e. The van der Waals surface area contributed by atoms with Crippen molar-refractivity contribution in [3.63, 3.8) is 0 Å². The van der Waals surface area contributed by atoms with Crippen LogP contribution >= 0.6 is 0 Å². The lowest BCUT2D eigenvalue weighted by molar-refractivity contribution is 0.282. The fourth-order valence-corrected chi connectivity index (χ4v) is 3.73. The third-order valence-electron chi connectivity index (χ3n) is 3.42. The molecule has 0 saturated carbocycles. The monoisotopic (exact) mass is 300 g/mol. The summed E-state index contributed by atoms with van der Waals surface area (Å²) in [6, 6.07) is 4.69. The molecular formula is C13H20N2O4S. The van der Waals surface area contributed by atoms with E-state index in [1.807, 2.05) is 6.92 Å². The van der Waals surface area contributed by atoms with E-state index in [1.165, 1.54) is 17.5 Å². The first-order valence-electron chi connectivity index (χ1n) is 6.58. The largest absolute Gasteiger partial charge is 0.503 e. The predicted octanol–water partition coefficient (Wildman–Crippen LogP) is 1.79. The van der Waals surface area contributed by atoms with Crippen molar-refractivity contribution >= 4 is 15.9 Å². The van der Waals surface area contributed by atoms with Gasteiger partial charge in [-0.1, -0.05) is 13.0 Å². The average molecular weight is 300 g/mol. The topological polar surface area (TPSA) is 78.9 Å². The van der Waals surface area contributed by atoms with Crippen LogP contribution in [0.4, 0.5) is 5.69 Å². The number of nitrogens with one attached hydrogen (secondary N) is 1. The highest BCUT2D eigenvalue weighted by Crippen LogP contribution is 2.34. The number of phenolic OH excluding ortho intramolecular Hbond substituents is 1. The molecule has 7 heteroatoms. The van der Waals surface area contributed by atoms with Crippen LogP contribution in [0, 0.1) is 5.92 Å². The molecule has 2 N–H and O–H groups in total. The molecule has 1 atom stereocenters. The van der Waals surface area contributed by atoms with Crippen molar-refractivity contribution in [1.29, 1.82) is 0 Å². The van der Waals surface area contributed by atoms with Crippen LogP contribution < -0.4 is 9.46 Å². The number of nitrogens with zero attached hydrogens (tertiary/aromatic N) is 1. The highest BCUT2D eigenvalue weighted by molar-refractivity contribution is 7.90. The Morgan fingerprint density at radius 2 is 2.20 bits per heavy atom. The zero-order valence-electron chi connectivity index (χ0n) is 11.7. The lowest BCUT2D eigenvalue weighted by atomic mass is 10.0. The summed E-state index contributed by atoms with van der Waals surface area (Å²) >= 11 is 0. The molecular weight excluding hydrogens is 280 g/mol. The summed E-state index contributed by atoms with van der Waals surface area (Å²) in [5.74, 6) is 0.375. The van der Waals surface area contributed by atoms with Crippen LogP contribution in [0.2, 0.25) is 0 Å².